The van der Waals surface area contributed by atoms with E-state index < -0.39 is 15.8 Å². The number of sulfone groups is 1. The SMILES string of the molecule is COC(=O)C=Cc1nn(Cc2ccc(Cl)cc2C)c2cc(S(C)(=O)=O)ccc12. The Hall–Kier alpha value is -2.64. The zero-order valence-electron chi connectivity index (χ0n) is 15.6. The number of aryl methyl sites for hydroxylation is 1. The highest BCUT2D eigenvalue weighted by Gasteiger charge is 2.15. The van der Waals surface area contributed by atoms with Crippen LogP contribution in [0.4, 0.5) is 0 Å². The Kier molecular flexibility index (Phi) is 5.58. The van der Waals surface area contributed by atoms with E-state index in [1.165, 1.54) is 19.3 Å². The van der Waals surface area contributed by atoms with Gasteiger partial charge in [-0.05, 0) is 54.5 Å². The molecule has 0 saturated heterocycles. The molecule has 8 heteroatoms. The summed E-state index contributed by atoms with van der Waals surface area (Å²) < 4.78 is 30.3. The summed E-state index contributed by atoms with van der Waals surface area (Å²) in [7, 11) is -2.07. The van der Waals surface area contributed by atoms with Gasteiger partial charge in [0.2, 0.25) is 0 Å². The minimum Gasteiger partial charge on any atom is -0.466 e. The average molecular weight is 419 g/mol. The molecule has 1 heterocycles. The second-order valence-corrected chi connectivity index (χ2v) is 8.87. The second kappa shape index (κ2) is 7.77. The Bertz CT molecular complexity index is 1200. The molecule has 2 aromatic carbocycles. The maximum Gasteiger partial charge on any atom is 0.330 e. The van der Waals surface area contributed by atoms with Gasteiger partial charge in [0.25, 0.3) is 0 Å². The van der Waals surface area contributed by atoms with Crippen LogP contribution < -0.4 is 0 Å². The van der Waals surface area contributed by atoms with E-state index in [2.05, 4.69) is 9.84 Å². The number of fused-ring (bicyclic) bond motifs is 1. The van der Waals surface area contributed by atoms with Gasteiger partial charge in [0.15, 0.2) is 9.84 Å². The Morgan fingerprint density at radius 1 is 1.25 bits per heavy atom. The second-order valence-electron chi connectivity index (χ2n) is 6.42. The molecular weight excluding hydrogens is 400 g/mol. The molecular formula is C20H19ClN2O4S. The third kappa shape index (κ3) is 4.26. The molecule has 146 valence electrons. The molecule has 0 unspecified atom stereocenters. The molecule has 0 N–H and O–H groups in total. The van der Waals surface area contributed by atoms with Crippen molar-refractivity contribution in [3.63, 3.8) is 0 Å². The summed E-state index contributed by atoms with van der Waals surface area (Å²) in [5.41, 5.74) is 3.21. The van der Waals surface area contributed by atoms with E-state index in [-0.39, 0.29) is 4.90 Å². The van der Waals surface area contributed by atoms with Gasteiger partial charge >= 0.3 is 5.97 Å². The molecule has 0 atom stereocenters. The fraction of sp³-hybridized carbons (Fsp3) is 0.200. The predicted octanol–water partition coefficient (Wildman–Crippen LogP) is 3.64. The van der Waals surface area contributed by atoms with E-state index in [1.54, 1.807) is 29.0 Å². The quantitative estimate of drug-likeness (QED) is 0.467. The van der Waals surface area contributed by atoms with Crippen LogP contribution in [0.15, 0.2) is 47.4 Å². The van der Waals surface area contributed by atoms with Crippen LogP contribution in [0.2, 0.25) is 5.02 Å². The average Bonchev–Trinajstić information content (AvgIpc) is 2.98. The van der Waals surface area contributed by atoms with Crippen molar-refractivity contribution in [1.29, 1.82) is 0 Å². The first-order valence-corrected chi connectivity index (χ1v) is 10.7. The molecule has 0 fully saturated rings. The van der Waals surface area contributed by atoms with E-state index in [1.807, 2.05) is 19.1 Å². The van der Waals surface area contributed by atoms with Crippen LogP contribution in [-0.4, -0.2) is 37.5 Å². The molecule has 0 saturated carbocycles. The third-order valence-corrected chi connectivity index (χ3v) is 5.73. The van der Waals surface area contributed by atoms with Crippen molar-refractivity contribution in [2.75, 3.05) is 13.4 Å². The number of rotatable bonds is 5. The number of ether oxygens (including phenoxy) is 1. The highest BCUT2D eigenvalue weighted by Crippen LogP contribution is 2.25. The summed E-state index contributed by atoms with van der Waals surface area (Å²) in [6, 6.07) is 10.4. The Morgan fingerprint density at radius 2 is 2.00 bits per heavy atom. The summed E-state index contributed by atoms with van der Waals surface area (Å²) in [6.07, 6.45) is 4.00. The normalized spacial score (nSPS) is 12.0. The van der Waals surface area contributed by atoms with Crippen LogP contribution in [0, 0.1) is 6.92 Å². The molecule has 0 radical (unpaired) electrons. The summed E-state index contributed by atoms with van der Waals surface area (Å²) in [4.78, 5) is 11.7. The summed E-state index contributed by atoms with van der Waals surface area (Å²) >= 11 is 6.03. The lowest BCUT2D eigenvalue weighted by Gasteiger charge is -2.08. The van der Waals surface area contributed by atoms with E-state index in [0.29, 0.717) is 22.8 Å². The molecule has 0 amide bonds. The predicted molar refractivity (Wildman–Crippen MR) is 109 cm³/mol. The zero-order chi connectivity index (χ0) is 20.5. The van der Waals surface area contributed by atoms with E-state index >= 15 is 0 Å². The number of benzene rings is 2. The zero-order valence-corrected chi connectivity index (χ0v) is 17.2. The van der Waals surface area contributed by atoms with Crippen molar-refractivity contribution in [2.45, 2.75) is 18.4 Å². The van der Waals surface area contributed by atoms with Crippen molar-refractivity contribution >= 4 is 44.4 Å². The van der Waals surface area contributed by atoms with Gasteiger partial charge in [0.1, 0.15) is 0 Å². The minimum absolute atomic E-state index is 0.206. The number of halogens is 1. The van der Waals surface area contributed by atoms with Gasteiger partial charge in [-0.15, -0.1) is 0 Å². The largest absolute Gasteiger partial charge is 0.466 e. The number of nitrogens with zero attached hydrogens (tertiary/aromatic N) is 2. The highest BCUT2D eigenvalue weighted by molar-refractivity contribution is 7.90. The molecule has 0 aliphatic heterocycles. The van der Waals surface area contributed by atoms with Crippen LogP contribution in [0.5, 0.6) is 0 Å². The lowest BCUT2D eigenvalue weighted by Crippen LogP contribution is -2.04. The lowest BCUT2D eigenvalue weighted by molar-refractivity contribution is -0.134. The van der Waals surface area contributed by atoms with E-state index in [4.69, 9.17) is 11.6 Å². The number of hydrogen-bond donors (Lipinski definition) is 0. The van der Waals surface area contributed by atoms with Crippen molar-refractivity contribution in [2.24, 2.45) is 0 Å². The molecule has 3 rings (SSSR count). The maximum atomic E-state index is 12.0. The fourth-order valence-corrected chi connectivity index (χ4v) is 3.73. The van der Waals surface area contributed by atoms with Gasteiger partial charge in [-0.3, -0.25) is 4.68 Å². The summed E-state index contributed by atoms with van der Waals surface area (Å²) in [5, 5.41) is 5.95. The van der Waals surface area contributed by atoms with Gasteiger partial charge in [-0.25, -0.2) is 13.2 Å². The Labute approximate surface area is 168 Å². The van der Waals surface area contributed by atoms with E-state index in [9.17, 15) is 13.2 Å². The maximum absolute atomic E-state index is 12.0. The number of aromatic nitrogens is 2. The fourth-order valence-electron chi connectivity index (χ4n) is 2.87. The van der Waals surface area contributed by atoms with Gasteiger partial charge in [-0.2, -0.15) is 5.10 Å². The van der Waals surface area contributed by atoms with Crippen molar-refractivity contribution in [3.05, 3.63) is 64.3 Å². The summed E-state index contributed by atoms with van der Waals surface area (Å²) in [5.74, 6) is -0.496. The van der Waals surface area contributed by atoms with Crippen molar-refractivity contribution in [1.82, 2.24) is 9.78 Å². The molecule has 28 heavy (non-hydrogen) atoms. The summed E-state index contributed by atoms with van der Waals surface area (Å²) in [6.45, 7) is 2.38. The first-order valence-electron chi connectivity index (χ1n) is 8.40. The molecule has 1 aromatic heterocycles. The van der Waals surface area contributed by atoms with Crippen LogP contribution >= 0.6 is 11.6 Å². The van der Waals surface area contributed by atoms with Crippen LogP contribution in [0.1, 0.15) is 16.8 Å². The van der Waals surface area contributed by atoms with Gasteiger partial charge < -0.3 is 4.74 Å². The van der Waals surface area contributed by atoms with Crippen LogP contribution in [0.25, 0.3) is 17.0 Å². The van der Waals surface area contributed by atoms with Gasteiger partial charge in [0, 0.05) is 22.7 Å². The number of carbonyl (C=O) groups excluding carboxylic acids is 1. The van der Waals surface area contributed by atoms with Crippen LogP contribution in [-0.2, 0) is 25.9 Å². The van der Waals surface area contributed by atoms with Crippen LogP contribution in [0.3, 0.4) is 0 Å². The molecule has 0 spiro atoms. The van der Waals surface area contributed by atoms with Crippen molar-refractivity contribution < 1.29 is 17.9 Å². The number of methoxy groups -OCH3 is 1. The molecule has 3 aromatic rings. The number of esters is 1. The molecule has 0 aliphatic carbocycles. The third-order valence-electron chi connectivity index (χ3n) is 4.38. The Morgan fingerprint density at radius 3 is 2.64 bits per heavy atom. The van der Waals surface area contributed by atoms with Gasteiger partial charge in [-0.1, -0.05) is 17.7 Å². The topological polar surface area (TPSA) is 78.3 Å². The van der Waals surface area contributed by atoms with Gasteiger partial charge in [0.05, 0.1) is 29.8 Å². The number of carbonyl (C=O) groups is 1. The molecule has 0 aliphatic rings. The molecule has 0 bridgehead atoms. The lowest BCUT2D eigenvalue weighted by atomic mass is 10.1. The van der Waals surface area contributed by atoms with E-state index in [0.717, 1.165) is 22.8 Å². The smallest absolute Gasteiger partial charge is 0.330 e. The number of hydrogen-bond acceptors (Lipinski definition) is 5. The minimum atomic E-state index is -3.37. The Balaban J connectivity index is 2.15. The first kappa shape index (κ1) is 20.1. The first-order chi connectivity index (χ1) is 13.2. The molecule has 6 nitrogen and oxygen atoms in total. The monoisotopic (exact) mass is 418 g/mol. The highest BCUT2D eigenvalue weighted by atomic mass is 35.5. The van der Waals surface area contributed by atoms with Crippen molar-refractivity contribution in [3.8, 4) is 0 Å². The standard InChI is InChI=1S/C20H19ClN2O4S/c1-13-10-15(21)5-4-14(13)12-23-19-11-16(28(3,25)26)6-7-17(19)18(22-23)8-9-20(24)27-2/h4-11H,12H2,1-3H3.